The van der Waals surface area contributed by atoms with Crippen molar-refractivity contribution in [3.05, 3.63) is 65.2 Å². The fourth-order valence-corrected chi connectivity index (χ4v) is 2.96. The zero-order valence-corrected chi connectivity index (χ0v) is 14.3. The molecule has 2 aromatic rings. The Kier molecular flexibility index (Phi) is 4.65. The van der Waals surface area contributed by atoms with E-state index in [2.05, 4.69) is 5.32 Å². The second kappa shape index (κ2) is 6.89. The van der Waals surface area contributed by atoms with E-state index < -0.39 is 5.92 Å². The summed E-state index contributed by atoms with van der Waals surface area (Å²) in [5, 5.41) is 2.75. The molecule has 128 valence electrons. The summed E-state index contributed by atoms with van der Waals surface area (Å²) in [6.07, 6.45) is 0.111. The van der Waals surface area contributed by atoms with Gasteiger partial charge in [0.15, 0.2) is 0 Å². The van der Waals surface area contributed by atoms with Crippen molar-refractivity contribution in [1.29, 1.82) is 0 Å². The third-order valence-corrected chi connectivity index (χ3v) is 4.54. The van der Waals surface area contributed by atoms with Gasteiger partial charge in [-0.15, -0.1) is 0 Å². The Morgan fingerprint density at radius 3 is 2.48 bits per heavy atom. The highest BCUT2D eigenvalue weighted by Crippen LogP contribution is 2.29. The van der Waals surface area contributed by atoms with Gasteiger partial charge in [-0.1, -0.05) is 36.4 Å². The van der Waals surface area contributed by atoms with Crippen LogP contribution in [-0.2, 0) is 14.4 Å². The molecule has 1 fully saturated rings. The van der Waals surface area contributed by atoms with Gasteiger partial charge in [0.05, 0.1) is 5.92 Å². The molecule has 1 aliphatic rings. The Balaban J connectivity index is 1.67. The Morgan fingerprint density at radius 2 is 1.80 bits per heavy atom. The smallest absolute Gasteiger partial charge is 0.244 e. The van der Waals surface area contributed by atoms with Crippen LogP contribution in [0.1, 0.15) is 29.0 Å². The molecule has 25 heavy (non-hydrogen) atoms. The van der Waals surface area contributed by atoms with E-state index in [1.54, 1.807) is 6.07 Å². The Hall–Kier alpha value is -2.95. The molecule has 0 unspecified atom stereocenters. The number of aryl methyl sites for hydroxylation is 2. The van der Waals surface area contributed by atoms with Crippen molar-refractivity contribution < 1.29 is 14.4 Å². The minimum absolute atomic E-state index is 0.111. The molecule has 1 saturated heterocycles. The maximum atomic E-state index is 12.5. The highest BCUT2D eigenvalue weighted by atomic mass is 16.2. The van der Waals surface area contributed by atoms with Crippen LogP contribution in [-0.4, -0.2) is 29.2 Å². The van der Waals surface area contributed by atoms with Crippen molar-refractivity contribution in [1.82, 2.24) is 4.90 Å². The molecule has 3 rings (SSSR count). The molecule has 5 heteroatoms. The van der Waals surface area contributed by atoms with E-state index in [1.165, 1.54) is 0 Å². The van der Waals surface area contributed by atoms with Gasteiger partial charge in [-0.25, -0.2) is 0 Å². The normalized spacial score (nSPS) is 17.0. The quantitative estimate of drug-likeness (QED) is 0.873. The van der Waals surface area contributed by atoms with Gasteiger partial charge in [-0.2, -0.15) is 0 Å². The van der Waals surface area contributed by atoms with E-state index in [4.69, 9.17) is 0 Å². The number of carbonyl (C=O) groups excluding carboxylic acids is 3. The molecule has 5 nitrogen and oxygen atoms in total. The molecule has 0 radical (unpaired) electrons. The standard InChI is InChI=1S/C20H20N2O3/c1-13-8-9-16(10-14(13)2)21-18(23)12-22-19(24)11-17(20(22)25)15-6-4-3-5-7-15/h3-10,17H,11-12H2,1-2H3,(H,21,23)/t17-/m0/s1. The summed E-state index contributed by atoms with van der Waals surface area (Å²) in [6, 6.07) is 14.8. The maximum absolute atomic E-state index is 12.5. The number of rotatable bonds is 4. The predicted octanol–water partition coefficient (Wildman–Crippen LogP) is 2.78. The van der Waals surface area contributed by atoms with Gasteiger partial charge >= 0.3 is 0 Å². The van der Waals surface area contributed by atoms with E-state index in [-0.39, 0.29) is 30.7 Å². The van der Waals surface area contributed by atoms with E-state index in [9.17, 15) is 14.4 Å². The molecule has 1 N–H and O–H groups in total. The number of anilines is 1. The number of hydrogen-bond acceptors (Lipinski definition) is 3. The van der Waals surface area contributed by atoms with E-state index in [0.717, 1.165) is 21.6 Å². The summed E-state index contributed by atoms with van der Waals surface area (Å²) >= 11 is 0. The van der Waals surface area contributed by atoms with Crippen LogP contribution in [0, 0.1) is 13.8 Å². The molecule has 1 heterocycles. The molecular weight excluding hydrogens is 316 g/mol. The SMILES string of the molecule is Cc1ccc(NC(=O)CN2C(=O)C[C@@H](c3ccccc3)C2=O)cc1C. The average molecular weight is 336 g/mol. The van der Waals surface area contributed by atoms with Crippen LogP contribution in [0.4, 0.5) is 5.69 Å². The first-order valence-electron chi connectivity index (χ1n) is 8.22. The third-order valence-electron chi connectivity index (χ3n) is 4.54. The lowest BCUT2D eigenvalue weighted by molar-refractivity contribution is -0.141. The zero-order valence-electron chi connectivity index (χ0n) is 14.3. The first kappa shape index (κ1) is 16.9. The second-order valence-corrected chi connectivity index (χ2v) is 6.33. The molecule has 1 aliphatic heterocycles. The van der Waals surface area contributed by atoms with Crippen LogP contribution in [0.25, 0.3) is 0 Å². The van der Waals surface area contributed by atoms with E-state index in [0.29, 0.717) is 5.69 Å². The van der Waals surface area contributed by atoms with Crippen LogP contribution < -0.4 is 5.32 Å². The highest BCUT2D eigenvalue weighted by molar-refractivity contribution is 6.09. The number of nitrogens with zero attached hydrogens (tertiary/aromatic N) is 1. The molecular formula is C20H20N2O3. The largest absolute Gasteiger partial charge is 0.325 e. The van der Waals surface area contributed by atoms with Crippen molar-refractivity contribution in [3.63, 3.8) is 0 Å². The average Bonchev–Trinajstić information content (AvgIpc) is 2.87. The lowest BCUT2D eigenvalue weighted by atomic mass is 9.98. The summed E-state index contributed by atoms with van der Waals surface area (Å²) in [5.74, 6) is -1.50. The summed E-state index contributed by atoms with van der Waals surface area (Å²) in [6.45, 7) is 3.70. The Labute approximate surface area is 146 Å². The monoisotopic (exact) mass is 336 g/mol. The number of benzene rings is 2. The van der Waals surface area contributed by atoms with Crippen molar-refractivity contribution in [2.45, 2.75) is 26.2 Å². The highest BCUT2D eigenvalue weighted by Gasteiger charge is 2.40. The van der Waals surface area contributed by atoms with Crippen molar-refractivity contribution in [3.8, 4) is 0 Å². The van der Waals surface area contributed by atoms with Crippen LogP contribution in [0.15, 0.2) is 48.5 Å². The number of hydrogen-bond donors (Lipinski definition) is 1. The molecule has 3 amide bonds. The molecule has 0 spiro atoms. The zero-order chi connectivity index (χ0) is 18.0. The minimum atomic E-state index is -0.497. The Morgan fingerprint density at radius 1 is 1.08 bits per heavy atom. The topological polar surface area (TPSA) is 66.5 Å². The van der Waals surface area contributed by atoms with Gasteiger partial charge in [-0.3, -0.25) is 19.3 Å². The summed E-state index contributed by atoms with van der Waals surface area (Å²) in [4.78, 5) is 38.0. The lowest BCUT2D eigenvalue weighted by Crippen LogP contribution is -2.37. The Bertz CT molecular complexity index is 830. The number of nitrogens with one attached hydrogen (secondary N) is 1. The predicted molar refractivity (Wildman–Crippen MR) is 95.1 cm³/mol. The molecule has 0 bridgehead atoms. The summed E-state index contributed by atoms with van der Waals surface area (Å²) in [7, 11) is 0. The second-order valence-electron chi connectivity index (χ2n) is 6.33. The van der Waals surface area contributed by atoms with Gasteiger partial charge in [0.2, 0.25) is 17.7 Å². The molecule has 0 aromatic heterocycles. The van der Waals surface area contributed by atoms with Gasteiger partial charge in [0.25, 0.3) is 0 Å². The fourth-order valence-electron chi connectivity index (χ4n) is 2.96. The van der Waals surface area contributed by atoms with Gasteiger partial charge in [0.1, 0.15) is 6.54 Å². The van der Waals surface area contributed by atoms with Gasteiger partial charge in [0, 0.05) is 12.1 Å². The third kappa shape index (κ3) is 3.60. The van der Waals surface area contributed by atoms with Gasteiger partial charge in [-0.05, 0) is 42.7 Å². The number of amides is 3. The summed E-state index contributed by atoms with van der Waals surface area (Å²) < 4.78 is 0. The van der Waals surface area contributed by atoms with Gasteiger partial charge < -0.3 is 5.32 Å². The van der Waals surface area contributed by atoms with Crippen LogP contribution in [0.5, 0.6) is 0 Å². The molecule has 0 aliphatic carbocycles. The van der Waals surface area contributed by atoms with Crippen molar-refractivity contribution in [2.24, 2.45) is 0 Å². The molecule has 1 atom stereocenters. The maximum Gasteiger partial charge on any atom is 0.244 e. The molecule has 2 aromatic carbocycles. The van der Waals surface area contributed by atoms with Crippen molar-refractivity contribution >= 4 is 23.4 Å². The summed E-state index contributed by atoms with van der Waals surface area (Å²) in [5.41, 5.74) is 3.66. The minimum Gasteiger partial charge on any atom is -0.325 e. The first-order chi connectivity index (χ1) is 12.0. The first-order valence-corrected chi connectivity index (χ1v) is 8.22. The van der Waals surface area contributed by atoms with E-state index >= 15 is 0 Å². The molecule has 0 saturated carbocycles. The van der Waals surface area contributed by atoms with Crippen LogP contribution in [0.2, 0.25) is 0 Å². The lowest BCUT2D eigenvalue weighted by Gasteiger charge is -2.15. The number of likely N-dealkylation sites (tertiary alicyclic amines) is 1. The van der Waals surface area contributed by atoms with E-state index in [1.807, 2.05) is 56.3 Å². The van der Waals surface area contributed by atoms with Crippen molar-refractivity contribution in [2.75, 3.05) is 11.9 Å². The number of imide groups is 1. The van der Waals surface area contributed by atoms with Crippen LogP contribution >= 0.6 is 0 Å². The number of carbonyl (C=O) groups is 3. The fraction of sp³-hybridized carbons (Fsp3) is 0.250. The van der Waals surface area contributed by atoms with Crippen LogP contribution in [0.3, 0.4) is 0 Å².